The number of nitrogens with one attached hydrogen (secondary N) is 2. The van der Waals surface area contributed by atoms with E-state index in [2.05, 4.69) is 10.6 Å². The molecule has 202 valence electrons. The number of amides is 3. The normalized spacial score (nSPS) is 12.9. The molecule has 2 unspecified atom stereocenters. The lowest BCUT2D eigenvalue weighted by atomic mass is 9.95. The number of carbonyl (C=O) groups is 3. The maximum Gasteiger partial charge on any atom is 0.408 e. The molecule has 0 heterocycles. The van der Waals surface area contributed by atoms with Crippen LogP contribution in [-0.4, -0.2) is 41.0 Å². The van der Waals surface area contributed by atoms with E-state index in [1.807, 2.05) is 71.0 Å². The summed E-state index contributed by atoms with van der Waals surface area (Å²) in [6, 6.07) is 10.0. The van der Waals surface area contributed by atoms with Crippen molar-refractivity contribution in [2.75, 3.05) is 11.9 Å². The van der Waals surface area contributed by atoms with Crippen LogP contribution in [0.1, 0.15) is 81.3 Å². The third kappa shape index (κ3) is 8.34. The summed E-state index contributed by atoms with van der Waals surface area (Å²) in [6.07, 6.45) is 0.880. The Morgan fingerprint density at radius 2 is 1.59 bits per heavy atom. The number of hydrogen-bond donors (Lipinski definition) is 2. The van der Waals surface area contributed by atoms with Crippen LogP contribution in [0.25, 0.3) is 0 Å². The molecule has 7 nitrogen and oxygen atoms in total. The van der Waals surface area contributed by atoms with Crippen molar-refractivity contribution in [2.45, 2.75) is 92.8 Å². The van der Waals surface area contributed by atoms with Crippen LogP contribution in [-0.2, 0) is 14.3 Å². The van der Waals surface area contributed by atoms with Crippen molar-refractivity contribution in [1.82, 2.24) is 10.2 Å². The molecule has 0 radical (unpaired) electrons. The molecule has 2 N–H and O–H groups in total. The first kappa shape index (κ1) is 29.9. The molecule has 0 spiro atoms. The quantitative estimate of drug-likeness (QED) is 0.425. The highest BCUT2D eigenvalue weighted by atomic mass is 16.6. The highest BCUT2D eigenvalue weighted by molar-refractivity contribution is 6.00. The van der Waals surface area contributed by atoms with Gasteiger partial charge in [0.25, 0.3) is 5.91 Å². The largest absolute Gasteiger partial charge is 0.444 e. The molecule has 0 bridgehead atoms. The third-order valence-corrected chi connectivity index (χ3v) is 6.16. The number of benzene rings is 2. The van der Waals surface area contributed by atoms with E-state index in [4.69, 9.17) is 4.74 Å². The summed E-state index contributed by atoms with van der Waals surface area (Å²) in [5, 5.41) is 5.75. The van der Waals surface area contributed by atoms with Gasteiger partial charge in [0, 0.05) is 12.2 Å². The Balaban J connectivity index is 2.53. The Morgan fingerprint density at radius 3 is 2.16 bits per heavy atom. The van der Waals surface area contributed by atoms with Crippen LogP contribution >= 0.6 is 0 Å². The molecule has 0 saturated carbocycles. The first-order chi connectivity index (χ1) is 17.2. The van der Waals surface area contributed by atoms with Crippen LogP contribution < -0.4 is 10.6 Å². The zero-order valence-electron chi connectivity index (χ0n) is 23.8. The highest BCUT2D eigenvalue weighted by Gasteiger charge is 2.35. The van der Waals surface area contributed by atoms with Crippen molar-refractivity contribution < 1.29 is 19.1 Å². The van der Waals surface area contributed by atoms with E-state index in [1.165, 1.54) is 0 Å². The molecule has 2 atom stereocenters. The summed E-state index contributed by atoms with van der Waals surface area (Å²) < 4.78 is 5.35. The van der Waals surface area contributed by atoms with Crippen molar-refractivity contribution in [3.05, 3.63) is 64.2 Å². The van der Waals surface area contributed by atoms with Gasteiger partial charge in [0.05, 0.1) is 0 Å². The summed E-state index contributed by atoms with van der Waals surface area (Å²) >= 11 is 0. The van der Waals surface area contributed by atoms with Crippen LogP contribution in [0.2, 0.25) is 0 Å². The summed E-state index contributed by atoms with van der Waals surface area (Å²) in [5.74, 6) is -0.637. The van der Waals surface area contributed by atoms with E-state index in [9.17, 15) is 14.4 Å². The van der Waals surface area contributed by atoms with Crippen LogP contribution in [0.4, 0.5) is 10.5 Å². The number of ether oxygens (including phenoxy) is 1. The summed E-state index contributed by atoms with van der Waals surface area (Å²) in [5.41, 5.74) is 4.60. The molecular weight excluding hydrogens is 466 g/mol. The standard InChI is InChI=1S/C30H43N3O4/c1-10-11-17-33(28(35)23(6)31-29(36)37-30(7,8)9)26(24-18-19(2)15-16-20(24)3)27(34)32-25-21(4)13-12-14-22(25)5/h12-16,18,23,26H,10-11,17H2,1-9H3,(H,31,36)(H,32,34). The number of carbonyl (C=O) groups excluding carboxylic acids is 3. The predicted molar refractivity (Wildman–Crippen MR) is 149 cm³/mol. The third-order valence-electron chi connectivity index (χ3n) is 6.16. The average Bonchev–Trinajstić information content (AvgIpc) is 2.79. The number of hydrogen-bond acceptors (Lipinski definition) is 4. The number of anilines is 1. The second kappa shape index (κ2) is 12.7. The molecule has 0 fully saturated rings. The van der Waals surface area contributed by atoms with Gasteiger partial charge in [-0.1, -0.05) is 55.3 Å². The minimum Gasteiger partial charge on any atom is -0.444 e. The first-order valence-corrected chi connectivity index (χ1v) is 13.0. The fourth-order valence-electron chi connectivity index (χ4n) is 4.20. The smallest absolute Gasteiger partial charge is 0.408 e. The van der Waals surface area contributed by atoms with Gasteiger partial charge in [-0.05, 0) is 84.1 Å². The van der Waals surface area contributed by atoms with Gasteiger partial charge in [0.1, 0.15) is 17.7 Å². The summed E-state index contributed by atoms with van der Waals surface area (Å²) in [6.45, 7) is 17.1. The van der Waals surface area contributed by atoms with Gasteiger partial charge < -0.3 is 20.3 Å². The first-order valence-electron chi connectivity index (χ1n) is 13.0. The van der Waals surface area contributed by atoms with E-state index in [0.29, 0.717) is 13.0 Å². The molecular formula is C30H43N3O4. The number of aryl methyl sites for hydroxylation is 4. The van der Waals surface area contributed by atoms with Crippen LogP contribution in [0.5, 0.6) is 0 Å². The maximum absolute atomic E-state index is 14.0. The highest BCUT2D eigenvalue weighted by Crippen LogP contribution is 2.30. The Bertz CT molecular complexity index is 1100. The lowest BCUT2D eigenvalue weighted by Crippen LogP contribution is -2.51. The lowest BCUT2D eigenvalue weighted by Gasteiger charge is -2.34. The van der Waals surface area contributed by atoms with Gasteiger partial charge >= 0.3 is 6.09 Å². The topological polar surface area (TPSA) is 87.7 Å². The number of nitrogens with zero attached hydrogens (tertiary/aromatic N) is 1. The lowest BCUT2D eigenvalue weighted by molar-refractivity contribution is -0.140. The molecule has 3 amide bonds. The fraction of sp³-hybridized carbons (Fsp3) is 0.500. The van der Waals surface area contributed by atoms with Crippen molar-refractivity contribution in [3.63, 3.8) is 0 Å². The molecule has 0 aliphatic carbocycles. The fourth-order valence-corrected chi connectivity index (χ4v) is 4.20. The van der Waals surface area contributed by atoms with Gasteiger partial charge in [-0.3, -0.25) is 9.59 Å². The second-order valence-corrected chi connectivity index (χ2v) is 10.8. The van der Waals surface area contributed by atoms with Crippen molar-refractivity contribution >= 4 is 23.6 Å². The zero-order chi connectivity index (χ0) is 27.9. The molecule has 37 heavy (non-hydrogen) atoms. The van der Waals surface area contributed by atoms with Crippen molar-refractivity contribution in [1.29, 1.82) is 0 Å². The molecule has 0 aliphatic heterocycles. The zero-order valence-corrected chi connectivity index (χ0v) is 23.8. The molecule has 2 aromatic rings. The van der Waals surface area contributed by atoms with Crippen LogP contribution in [0.3, 0.4) is 0 Å². The Kier molecular flexibility index (Phi) is 10.3. The van der Waals surface area contributed by atoms with E-state index in [0.717, 1.165) is 39.9 Å². The predicted octanol–water partition coefficient (Wildman–Crippen LogP) is 6.14. The summed E-state index contributed by atoms with van der Waals surface area (Å²) in [7, 11) is 0. The molecule has 0 aromatic heterocycles. The SMILES string of the molecule is CCCCN(C(=O)C(C)NC(=O)OC(C)(C)C)C(C(=O)Nc1c(C)cccc1C)c1cc(C)ccc1C. The van der Waals surface area contributed by atoms with Crippen LogP contribution in [0.15, 0.2) is 36.4 Å². The minimum atomic E-state index is -0.882. The second-order valence-electron chi connectivity index (χ2n) is 10.8. The maximum atomic E-state index is 14.0. The molecule has 0 saturated heterocycles. The number of rotatable bonds is 9. The minimum absolute atomic E-state index is 0.292. The van der Waals surface area contributed by atoms with Gasteiger partial charge in [0.2, 0.25) is 5.91 Å². The molecule has 2 aromatic carbocycles. The van der Waals surface area contributed by atoms with E-state index in [1.54, 1.807) is 32.6 Å². The number of alkyl carbamates (subject to hydrolysis) is 1. The monoisotopic (exact) mass is 509 g/mol. The van der Waals surface area contributed by atoms with Crippen molar-refractivity contribution in [3.8, 4) is 0 Å². The molecule has 7 heteroatoms. The molecule has 2 rings (SSSR count). The number of unbranched alkanes of at least 4 members (excludes halogenated alkanes) is 1. The van der Waals surface area contributed by atoms with Gasteiger partial charge in [-0.15, -0.1) is 0 Å². The Morgan fingerprint density at radius 1 is 0.973 bits per heavy atom. The Hall–Kier alpha value is -3.35. The van der Waals surface area contributed by atoms with Gasteiger partial charge in [-0.25, -0.2) is 4.79 Å². The van der Waals surface area contributed by atoms with Gasteiger partial charge in [0.15, 0.2) is 0 Å². The van der Waals surface area contributed by atoms with E-state index in [-0.39, 0.29) is 11.8 Å². The Labute approximate surface area is 222 Å². The summed E-state index contributed by atoms with van der Waals surface area (Å²) in [4.78, 5) is 41.8. The number of para-hydroxylation sites is 1. The average molecular weight is 510 g/mol. The van der Waals surface area contributed by atoms with Crippen molar-refractivity contribution in [2.24, 2.45) is 0 Å². The molecule has 0 aliphatic rings. The van der Waals surface area contributed by atoms with Gasteiger partial charge in [-0.2, -0.15) is 0 Å². The van der Waals surface area contributed by atoms with Crippen LogP contribution in [0, 0.1) is 27.7 Å². The van der Waals surface area contributed by atoms with E-state index >= 15 is 0 Å². The van der Waals surface area contributed by atoms with E-state index < -0.39 is 23.8 Å².